The first-order valence-electron chi connectivity index (χ1n) is 11.9. The average molecular weight is 479 g/mol. The van der Waals surface area contributed by atoms with Gasteiger partial charge in [0.25, 0.3) is 0 Å². The molecule has 10 heteroatoms. The van der Waals surface area contributed by atoms with Crippen molar-refractivity contribution in [2.75, 3.05) is 0 Å². The topological polar surface area (TPSA) is 67.6 Å². The Labute approximate surface area is 195 Å². The lowest BCUT2D eigenvalue weighted by atomic mass is 9.58. The van der Waals surface area contributed by atoms with Gasteiger partial charge in [-0.2, -0.15) is 13.2 Å². The van der Waals surface area contributed by atoms with Crippen molar-refractivity contribution >= 4 is 0 Å². The Kier molecular flexibility index (Phi) is 4.95. The molecule has 1 aromatic carbocycles. The third-order valence-electron chi connectivity index (χ3n) is 8.45. The van der Waals surface area contributed by atoms with E-state index in [0.29, 0.717) is 12.3 Å². The van der Waals surface area contributed by atoms with Crippen LogP contribution in [0.5, 0.6) is 0 Å². The molecule has 1 spiro atoms. The largest absolute Gasteiger partial charge is 0.417 e. The lowest BCUT2D eigenvalue weighted by Crippen LogP contribution is -2.69. The van der Waals surface area contributed by atoms with E-state index in [9.17, 15) is 13.2 Å². The molecular weight excluding hydrogens is 451 g/mol. The summed E-state index contributed by atoms with van der Waals surface area (Å²) in [5.41, 5.74) is -1.22. The summed E-state index contributed by atoms with van der Waals surface area (Å²) in [6, 6.07) is 5.46. The molecule has 0 unspecified atom stereocenters. The Morgan fingerprint density at radius 2 is 1.85 bits per heavy atom. The molecule has 5 aliphatic rings. The van der Waals surface area contributed by atoms with Crippen LogP contribution in [0.2, 0.25) is 0 Å². The highest BCUT2D eigenvalue weighted by Crippen LogP contribution is 2.62. The van der Waals surface area contributed by atoms with Crippen LogP contribution >= 0.6 is 0 Å². The zero-order valence-corrected chi connectivity index (χ0v) is 19.3. The molecule has 0 N–H and O–H groups in total. The molecule has 5 heterocycles. The Morgan fingerprint density at radius 1 is 1.06 bits per heavy atom. The maximum atomic E-state index is 13.8. The van der Waals surface area contributed by atoms with Crippen LogP contribution in [-0.4, -0.2) is 32.7 Å². The third kappa shape index (κ3) is 3.11. The predicted molar refractivity (Wildman–Crippen MR) is 113 cm³/mol. The zero-order chi connectivity index (χ0) is 23.9. The van der Waals surface area contributed by atoms with Crippen LogP contribution in [0.3, 0.4) is 0 Å². The minimum atomic E-state index is -4.51. The van der Waals surface area contributed by atoms with Gasteiger partial charge in [-0.15, -0.1) is 5.10 Å². The van der Waals surface area contributed by atoms with E-state index in [2.05, 4.69) is 17.2 Å². The van der Waals surface area contributed by atoms with Crippen molar-refractivity contribution in [2.24, 2.45) is 23.7 Å². The van der Waals surface area contributed by atoms with Crippen molar-refractivity contribution < 1.29 is 32.4 Å². The molecule has 5 fully saturated rings. The third-order valence-corrected chi connectivity index (χ3v) is 8.45. The van der Waals surface area contributed by atoms with Crippen molar-refractivity contribution in [1.29, 1.82) is 0 Å². The summed E-state index contributed by atoms with van der Waals surface area (Å²) in [5.74, 6) is -0.421. The van der Waals surface area contributed by atoms with E-state index in [1.54, 1.807) is 6.07 Å². The van der Waals surface area contributed by atoms with Crippen LogP contribution in [0, 0.1) is 23.7 Å². The second-order valence-corrected chi connectivity index (χ2v) is 10.4. The average Bonchev–Trinajstić information content (AvgIpc) is 3.17. The zero-order valence-electron chi connectivity index (χ0n) is 19.3. The molecular formula is C24H28F3N3O4. The standard InChI is InChI=1S/C24H28F3N3O4/c1-13-8-9-17-14(2)20(31-21-23(17)16(13)10-11-22(3,32-21)33-34-23)30-19(12-28-29-30)15-6-4-5-7-18(15)24(25,26)27/h4-7,12-14,16-17,20-21H,8-11H2,1-3H3/t13-,14-,16+,17+,20-,21-,22+,23-/m1/s1. The number of aromatic nitrogens is 3. The molecule has 0 radical (unpaired) electrons. The molecule has 4 aliphatic heterocycles. The van der Waals surface area contributed by atoms with Gasteiger partial charge in [-0.25, -0.2) is 14.5 Å². The molecule has 7 nitrogen and oxygen atoms in total. The number of halogens is 3. The van der Waals surface area contributed by atoms with Gasteiger partial charge in [0.2, 0.25) is 5.79 Å². The van der Waals surface area contributed by atoms with Gasteiger partial charge in [0, 0.05) is 23.8 Å². The second kappa shape index (κ2) is 7.49. The first kappa shape index (κ1) is 22.5. The molecule has 1 aromatic heterocycles. The molecule has 1 saturated carbocycles. The molecule has 8 atom stereocenters. The van der Waals surface area contributed by atoms with E-state index in [0.717, 1.165) is 25.3 Å². The second-order valence-electron chi connectivity index (χ2n) is 10.4. The van der Waals surface area contributed by atoms with Crippen LogP contribution in [0.15, 0.2) is 30.5 Å². The van der Waals surface area contributed by atoms with E-state index >= 15 is 0 Å². The minimum absolute atomic E-state index is 0.0149. The van der Waals surface area contributed by atoms with Gasteiger partial charge in [-0.1, -0.05) is 37.3 Å². The molecule has 184 valence electrons. The predicted octanol–water partition coefficient (Wildman–Crippen LogP) is 5.34. The van der Waals surface area contributed by atoms with E-state index in [4.69, 9.17) is 19.2 Å². The van der Waals surface area contributed by atoms with Crippen LogP contribution in [0.1, 0.15) is 58.2 Å². The highest BCUT2D eigenvalue weighted by atomic mass is 19.4. The molecule has 1 aliphatic carbocycles. The van der Waals surface area contributed by atoms with Gasteiger partial charge in [-0.3, -0.25) is 0 Å². The van der Waals surface area contributed by atoms with Gasteiger partial charge in [0.15, 0.2) is 18.1 Å². The quantitative estimate of drug-likeness (QED) is 0.542. The van der Waals surface area contributed by atoms with Gasteiger partial charge < -0.3 is 9.47 Å². The number of hydrogen-bond acceptors (Lipinski definition) is 6. The molecule has 34 heavy (non-hydrogen) atoms. The number of hydrogen-bond donors (Lipinski definition) is 0. The summed E-state index contributed by atoms with van der Waals surface area (Å²) in [6.45, 7) is 6.11. The normalized spacial score (nSPS) is 41.7. The first-order valence-corrected chi connectivity index (χ1v) is 11.9. The van der Waals surface area contributed by atoms with Crippen molar-refractivity contribution in [3.05, 3.63) is 36.0 Å². The van der Waals surface area contributed by atoms with Crippen LogP contribution < -0.4 is 0 Å². The molecule has 4 saturated heterocycles. The van der Waals surface area contributed by atoms with E-state index < -0.39 is 35.6 Å². The smallest absolute Gasteiger partial charge is 0.324 e. The van der Waals surface area contributed by atoms with Crippen molar-refractivity contribution in [3.63, 3.8) is 0 Å². The number of fused-ring (bicyclic) bond motifs is 2. The van der Waals surface area contributed by atoms with Gasteiger partial charge >= 0.3 is 6.18 Å². The lowest BCUT2D eigenvalue weighted by molar-refractivity contribution is -0.574. The highest BCUT2D eigenvalue weighted by molar-refractivity contribution is 5.64. The fourth-order valence-electron chi connectivity index (χ4n) is 6.74. The SMILES string of the molecule is C[C@H]1[C@H](n2nncc2-c2ccccc2C(F)(F)F)O[C@@H]2O[C@]3(C)CC[C@H]4[C@H](C)CC[C@@H]1[C@@]24OO3. The van der Waals surface area contributed by atoms with Gasteiger partial charge in [-0.05, 0) is 44.1 Å². The van der Waals surface area contributed by atoms with Crippen molar-refractivity contribution in [1.82, 2.24) is 15.0 Å². The Bertz CT molecular complexity index is 1090. The molecule has 7 rings (SSSR count). The summed E-state index contributed by atoms with van der Waals surface area (Å²) in [6.07, 6.45) is -1.04. The monoisotopic (exact) mass is 479 g/mol. The van der Waals surface area contributed by atoms with E-state index in [1.807, 2.05) is 13.8 Å². The number of alkyl halides is 3. The summed E-state index contributed by atoms with van der Waals surface area (Å²) in [7, 11) is 0. The Hall–Kier alpha value is -2.01. The number of benzene rings is 1. The molecule has 2 bridgehead atoms. The number of nitrogens with zero attached hydrogens (tertiary/aromatic N) is 3. The molecule has 0 amide bonds. The number of rotatable bonds is 2. The van der Waals surface area contributed by atoms with Crippen LogP contribution in [0.25, 0.3) is 11.3 Å². The molecule has 2 aromatic rings. The van der Waals surface area contributed by atoms with E-state index in [-0.39, 0.29) is 29.0 Å². The van der Waals surface area contributed by atoms with Crippen LogP contribution in [0.4, 0.5) is 13.2 Å². The fourth-order valence-corrected chi connectivity index (χ4v) is 6.74. The van der Waals surface area contributed by atoms with Crippen molar-refractivity contribution in [3.8, 4) is 11.3 Å². The summed E-state index contributed by atoms with van der Waals surface area (Å²) >= 11 is 0. The van der Waals surface area contributed by atoms with E-state index in [1.165, 1.54) is 23.0 Å². The summed E-state index contributed by atoms with van der Waals surface area (Å²) < 4.78 is 55.7. The Morgan fingerprint density at radius 3 is 2.65 bits per heavy atom. The highest BCUT2D eigenvalue weighted by Gasteiger charge is 2.69. The minimum Gasteiger partial charge on any atom is -0.324 e. The van der Waals surface area contributed by atoms with Gasteiger partial charge in [0.05, 0.1) is 17.5 Å². The summed E-state index contributed by atoms with van der Waals surface area (Å²) in [5, 5.41) is 8.17. The van der Waals surface area contributed by atoms with Crippen LogP contribution in [-0.2, 0) is 25.4 Å². The summed E-state index contributed by atoms with van der Waals surface area (Å²) in [4.78, 5) is 12.0. The number of ether oxygens (including phenoxy) is 2. The maximum Gasteiger partial charge on any atom is 0.417 e. The van der Waals surface area contributed by atoms with Gasteiger partial charge in [0.1, 0.15) is 0 Å². The first-order chi connectivity index (χ1) is 16.1. The lowest BCUT2D eigenvalue weighted by Gasteiger charge is -2.60. The Balaban J connectivity index is 1.43. The maximum absolute atomic E-state index is 13.8. The fraction of sp³-hybridized carbons (Fsp3) is 0.667. The van der Waals surface area contributed by atoms with Crippen molar-refractivity contribution in [2.45, 2.75) is 76.5 Å².